The summed E-state index contributed by atoms with van der Waals surface area (Å²) in [6.45, 7) is 3.13. The molecule has 2 aliphatic rings. The molecule has 0 bridgehead atoms. The van der Waals surface area contributed by atoms with Crippen LogP contribution in [0.3, 0.4) is 0 Å². The van der Waals surface area contributed by atoms with Crippen molar-refractivity contribution in [2.75, 3.05) is 13.1 Å². The zero-order valence-electron chi connectivity index (χ0n) is 10.3. The third kappa shape index (κ3) is 2.38. The molecule has 0 unspecified atom stereocenters. The first kappa shape index (κ1) is 11.2. The molecule has 2 heterocycles. The number of nitrogens with zero attached hydrogens (tertiary/aromatic N) is 2. The molecular weight excluding hydrogens is 214 g/mol. The lowest BCUT2D eigenvalue weighted by Gasteiger charge is -2.30. The first-order chi connectivity index (χ1) is 8.33. The Morgan fingerprint density at radius 1 is 1.29 bits per heavy atom. The minimum absolute atomic E-state index is 0.398. The van der Waals surface area contributed by atoms with Crippen LogP contribution in [0.4, 0.5) is 0 Å². The molecular formula is C13H21N3O. The smallest absolute Gasteiger partial charge is 0.181 e. The minimum atomic E-state index is 0.398. The van der Waals surface area contributed by atoms with Gasteiger partial charge in [-0.2, -0.15) is 0 Å². The highest BCUT2D eigenvalue weighted by atomic mass is 16.3. The fourth-order valence-electron chi connectivity index (χ4n) is 2.72. The van der Waals surface area contributed by atoms with Crippen LogP contribution in [0.5, 0.6) is 0 Å². The Bertz CT molecular complexity index is 364. The number of aromatic nitrogens is 1. The number of likely N-dealkylation sites (tertiary alicyclic amines) is 1. The van der Waals surface area contributed by atoms with Crippen molar-refractivity contribution in [1.82, 2.24) is 9.88 Å². The van der Waals surface area contributed by atoms with Crippen LogP contribution in [-0.4, -0.2) is 29.0 Å². The molecule has 1 aromatic rings. The molecule has 2 N–H and O–H groups in total. The first-order valence-electron chi connectivity index (χ1n) is 6.73. The Hall–Kier alpha value is -0.870. The van der Waals surface area contributed by atoms with Crippen LogP contribution in [0.1, 0.15) is 49.5 Å². The van der Waals surface area contributed by atoms with E-state index < -0.39 is 0 Å². The van der Waals surface area contributed by atoms with Gasteiger partial charge in [-0.3, -0.25) is 4.90 Å². The van der Waals surface area contributed by atoms with Crippen molar-refractivity contribution in [3.8, 4) is 0 Å². The molecule has 1 saturated heterocycles. The van der Waals surface area contributed by atoms with Gasteiger partial charge >= 0.3 is 0 Å². The van der Waals surface area contributed by atoms with E-state index in [1.807, 2.05) is 0 Å². The van der Waals surface area contributed by atoms with Gasteiger partial charge in [-0.25, -0.2) is 4.98 Å². The summed E-state index contributed by atoms with van der Waals surface area (Å²) in [4.78, 5) is 6.84. The van der Waals surface area contributed by atoms with Crippen LogP contribution in [0, 0.1) is 0 Å². The molecule has 0 amide bonds. The lowest BCUT2D eigenvalue weighted by atomic mass is 9.83. The maximum Gasteiger partial charge on any atom is 0.181 e. The molecule has 4 heteroatoms. The van der Waals surface area contributed by atoms with Gasteiger partial charge < -0.3 is 10.2 Å². The Morgan fingerprint density at radius 3 is 2.71 bits per heavy atom. The second kappa shape index (κ2) is 4.78. The first-order valence-corrected chi connectivity index (χ1v) is 6.73. The second-order valence-electron chi connectivity index (χ2n) is 5.40. The van der Waals surface area contributed by atoms with E-state index in [-0.39, 0.29) is 0 Å². The molecule has 1 aromatic heterocycles. The molecule has 3 rings (SSSR count). The van der Waals surface area contributed by atoms with Crippen LogP contribution in [0.15, 0.2) is 10.8 Å². The summed E-state index contributed by atoms with van der Waals surface area (Å²) in [5.41, 5.74) is 7.08. The van der Waals surface area contributed by atoms with Crippen LogP contribution < -0.4 is 5.73 Å². The van der Waals surface area contributed by atoms with E-state index in [4.69, 9.17) is 10.2 Å². The Balaban J connectivity index is 1.62. The van der Waals surface area contributed by atoms with Gasteiger partial charge in [0.25, 0.3) is 0 Å². The topological polar surface area (TPSA) is 55.3 Å². The van der Waals surface area contributed by atoms with E-state index in [1.54, 1.807) is 6.39 Å². The highest BCUT2D eigenvalue weighted by Crippen LogP contribution is 2.38. The lowest BCUT2D eigenvalue weighted by molar-refractivity contribution is 0.201. The predicted octanol–water partition coefficient (Wildman–Crippen LogP) is 1.87. The largest absolute Gasteiger partial charge is 0.448 e. The summed E-state index contributed by atoms with van der Waals surface area (Å²) >= 11 is 0. The minimum Gasteiger partial charge on any atom is -0.448 e. The summed E-state index contributed by atoms with van der Waals surface area (Å²) in [5.74, 6) is 1.78. The molecule has 17 heavy (non-hydrogen) atoms. The average Bonchev–Trinajstić information content (AvgIpc) is 2.68. The van der Waals surface area contributed by atoms with Crippen LogP contribution in [-0.2, 0) is 6.54 Å². The van der Waals surface area contributed by atoms with E-state index in [2.05, 4.69) is 9.88 Å². The van der Waals surface area contributed by atoms with Crippen molar-refractivity contribution in [3.63, 3.8) is 0 Å². The predicted molar refractivity (Wildman–Crippen MR) is 65.6 cm³/mol. The summed E-state index contributed by atoms with van der Waals surface area (Å²) < 4.78 is 5.57. The van der Waals surface area contributed by atoms with Gasteiger partial charge in [0.1, 0.15) is 5.76 Å². The maximum absolute atomic E-state index is 5.92. The standard InChI is InChI=1S/C13H21N3O/c14-11-4-6-16(7-5-11)8-12-13(17-9-15-12)10-2-1-3-10/h9-11H,1-8,14H2. The monoisotopic (exact) mass is 235 g/mol. The van der Waals surface area contributed by atoms with Gasteiger partial charge in [0, 0.05) is 31.6 Å². The van der Waals surface area contributed by atoms with Crippen LogP contribution in [0.25, 0.3) is 0 Å². The number of oxazole rings is 1. The Labute approximate surface area is 102 Å². The zero-order valence-corrected chi connectivity index (χ0v) is 10.3. The molecule has 0 atom stereocenters. The van der Waals surface area contributed by atoms with Crippen molar-refractivity contribution >= 4 is 0 Å². The van der Waals surface area contributed by atoms with E-state index in [0.29, 0.717) is 12.0 Å². The third-order valence-electron chi connectivity index (χ3n) is 4.15. The van der Waals surface area contributed by atoms with Gasteiger partial charge in [-0.05, 0) is 25.7 Å². The van der Waals surface area contributed by atoms with Crippen molar-refractivity contribution in [1.29, 1.82) is 0 Å². The van der Waals surface area contributed by atoms with Crippen LogP contribution in [0.2, 0.25) is 0 Å². The highest BCUT2D eigenvalue weighted by molar-refractivity contribution is 5.15. The fraction of sp³-hybridized carbons (Fsp3) is 0.769. The molecule has 1 aliphatic carbocycles. The molecule has 0 radical (unpaired) electrons. The Morgan fingerprint density at radius 2 is 2.06 bits per heavy atom. The summed E-state index contributed by atoms with van der Waals surface area (Å²) in [5, 5.41) is 0. The second-order valence-corrected chi connectivity index (χ2v) is 5.40. The maximum atomic E-state index is 5.92. The van der Waals surface area contributed by atoms with E-state index in [0.717, 1.165) is 43.9 Å². The van der Waals surface area contributed by atoms with Gasteiger partial charge in [0.05, 0.1) is 5.69 Å². The molecule has 4 nitrogen and oxygen atoms in total. The normalized spacial score (nSPS) is 23.8. The third-order valence-corrected chi connectivity index (χ3v) is 4.15. The number of hydrogen-bond donors (Lipinski definition) is 1. The van der Waals surface area contributed by atoms with Gasteiger partial charge in [0.2, 0.25) is 0 Å². The number of piperidine rings is 1. The lowest BCUT2D eigenvalue weighted by Crippen LogP contribution is -2.39. The quantitative estimate of drug-likeness (QED) is 0.869. The molecule has 0 spiro atoms. The molecule has 0 aromatic carbocycles. The molecule has 1 aliphatic heterocycles. The molecule has 94 valence electrons. The molecule has 1 saturated carbocycles. The van der Waals surface area contributed by atoms with Crippen molar-refractivity contribution in [3.05, 3.63) is 17.8 Å². The van der Waals surface area contributed by atoms with E-state index in [1.165, 1.54) is 19.3 Å². The van der Waals surface area contributed by atoms with E-state index >= 15 is 0 Å². The number of rotatable bonds is 3. The fourth-order valence-corrected chi connectivity index (χ4v) is 2.72. The summed E-state index contributed by atoms with van der Waals surface area (Å²) in [7, 11) is 0. The number of nitrogens with two attached hydrogens (primary N) is 1. The average molecular weight is 235 g/mol. The van der Waals surface area contributed by atoms with Crippen molar-refractivity contribution < 1.29 is 4.42 Å². The SMILES string of the molecule is NC1CCN(Cc2ncoc2C2CCC2)CC1. The highest BCUT2D eigenvalue weighted by Gasteiger charge is 2.27. The van der Waals surface area contributed by atoms with E-state index in [9.17, 15) is 0 Å². The summed E-state index contributed by atoms with van der Waals surface area (Å²) in [6.07, 6.45) is 7.70. The van der Waals surface area contributed by atoms with Crippen molar-refractivity contribution in [2.24, 2.45) is 5.73 Å². The van der Waals surface area contributed by atoms with Gasteiger partial charge in [-0.1, -0.05) is 6.42 Å². The van der Waals surface area contributed by atoms with Gasteiger partial charge in [0.15, 0.2) is 6.39 Å². The Kier molecular flexibility index (Phi) is 3.16. The summed E-state index contributed by atoms with van der Waals surface area (Å²) in [6, 6.07) is 0.398. The molecule has 2 fully saturated rings. The van der Waals surface area contributed by atoms with Crippen molar-refractivity contribution in [2.45, 2.75) is 50.6 Å². The van der Waals surface area contributed by atoms with Gasteiger partial charge in [-0.15, -0.1) is 0 Å². The van der Waals surface area contributed by atoms with Crippen LogP contribution >= 0.6 is 0 Å². The number of hydrogen-bond acceptors (Lipinski definition) is 4. The zero-order chi connectivity index (χ0) is 11.7.